The van der Waals surface area contributed by atoms with Crippen LogP contribution in [0.4, 0.5) is 0 Å². The molecule has 0 amide bonds. The van der Waals surface area contributed by atoms with Crippen molar-refractivity contribution in [3.05, 3.63) is 84.4 Å². The van der Waals surface area contributed by atoms with Gasteiger partial charge in [-0.3, -0.25) is 0 Å². The van der Waals surface area contributed by atoms with Gasteiger partial charge >= 0.3 is 0 Å². The summed E-state index contributed by atoms with van der Waals surface area (Å²) in [5.41, 5.74) is 1.70. The van der Waals surface area contributed by atoms with E-state index in [1.54, 1.807) is 30.3 Å². The van der Waals surface area contributed by atoms with Gasteiger partial charge in [0.2, 0.25) is 0 Å². The number of sulfone groups is 1. The average molecular weight is 308 g/mol. The van der Waals surface area contributed by atoms with E-state index in [1.807, 2.05) is 42.5 Å². The van der Waals surface area contributed by atoms with E-state index in [-0.39, 0.29) is 5.75 Å². The van der Waals surface area contributed by atoms with E-state index in [1.165, 1.54) is 0 Å². The molecule has 3 rings (SSSR count). The molecule has 0 aromatic heterocycles. The largest absolute Gasteiger partial charge is 0.223 e. The Morgan fingerprint density at radius 3 is 2.23 bits per heavy atom. The summed E-state index contributed by atoms with van der Waals surface area (Å²) in [5, 5.41) is 2.16. The van der Waals surface area contributed by atoms with Gasteiger partial charge in [-0.1, -0.05) is 67.3 Å². The Morgan fingerprint density at radius 2 is 1.55 bits per heavy atom. The van der Waals surface area contributed by atoms with Crippen LogP contribution in [0.5, 0.6) is 0 Å². The fraction of sp³-hybridized carbons (Fsp3) is 0.0526. The van der Waals surface area contributed by atoms with Crippen LogP contribution in [-0.4, -0.2) is 8.42 Å². The molecule has 0 aliphatic heterocycles. The van der Waals surface area contributed by atoms with Crippen LogP contribution < -0.4 is 0 Å². The molecule has 0 spiro atoms. The number of hydrogen-bond acceptors (Lipinski definition) is 2. The van der Waals surface area contributed by atoms with Crippen LogP contribution in [0.2, 0.25) is 0 Å². The van der Waals surface area contributed by atoms with Gasteiger partial charge in [0, 0.05) is 0 Å². The van der Waals surface area contributed by atoms with Gasteiger partial charge in [-0.2, -0.15) is 0 Å². The van der Waals surface area contributed by atoms with Crippen LogP contribution in [0.25, 0.3) is 16.8 Å². The zero-order valence-corrected chi connectivity index (χ0v) is 12.9. The maximum Gasteiger partial charge on any atom is 0.182 e. The van der Waals surface area contributed by atoms with E-state index in [2.05, 4.69) is 6.58 Å². The van der Waals surface area contributed by atoms with Crippen LogP contribution in [-0.2, 0) is 15.6 Å². The quantitative estimate of drug-likeness (QED) is 0.713. The Hall–Kier alpha value is -2.39. The van der Waals surface area contributed by atoms with Gasteiger partial charge < -0.3 is 0 Å². The highest BCUT2D eigenvalue weighted by Crippen LogP contribution is 2.21. The van der Waals surface area contributed by atoms with Crippen LogP contribution in [0.3, 0.4) is 0 Å². The zero-order chi connectivity index (χ0) is 15.6. The monoisotopic (exact) mass is 308 g/mol. The fourth-order valence-electron chi connectivity index (χ4n) is 2.44. The first-order chi connectivity index (χ1) is 10.6. The molecule has 3 heteroatoms. The molecule has 3 aromatic carbocycles. The van der Waals surface area contributed by atoms with Crippen LogP contribution in [0, 0.1) is 0 Å². The third kappa shape index (κ3) is 2.95. The fourth-order valence-corrected chi connectivity index (χ4v) is 3.78. The number of fused-ring (bicyclic) bond motifs is 1. The molecule has 3 aromatic rings. The first-order valence-electron chi connectivity index (χ1n) is 7.01. The molecular weight excluding hydrogens is 292 g/mol. The van der Waals surface area contributed by atoms with Crippen molar-refractivity contribution in [2.45, 2.75) is 10.6 Å². The van der Waals surface area contributed by atoms with Crippen molar-refractivity contribution in [2.75, 3.05) is 0 Å². The van der Waals surface area contributed by atoms with Crippen molar-refractivity contribution < 1.29 is 8.42 Å². The van der Waals surface area contributed by atoms with E-state index in [0.717, 1.165) is 21.9 Å². The van der Waals surface area contributed by atoms with Gasteiger partial charge in [-0.15, -0.1) is 0 Å². The second-order valence-electron chi connectivity index (χ2n) is 5.21. The predicted molar refractivity (Wildman–Crippen MR) is 91.4 cm³/mol. The predicted octanol–water partition coefficient (Wildman–Crippen LogP) is 4.46. The maximum atomic E-state index is 12.5. The van der Waals surface area contributed by atoms with E-state index >= 15 is 0 Å². The first-order valence-corrected chi connectivity index (χ1v) is 8.67. The normalized spacial score (nSPS) is 11.5. The van der Waals surface area contributed by atoms with Gasteiger partial charge in [0.1, 0.15) is 0 Å². The molecule has 22 heavy (non-hydrogen) atoms. The summed E-state index contributed by atoms with van der Waals surface area (Å²) < 4.78 is 25.0. The molecule has 110 valence electrons. The van der Waals surface area contributed by atoms with E-state index in [4.69, 9.17) is 0 Å². The zero-order valence-electron chi connectivity index (χ0n) is 12.1. The van der Waals surface area contributed by atoms with E-state index in [0.29, 0.717) is 4.90 Å². The SMILES string of the molecule is C=Cc1ccc(S(=O)(=O)Cc2ccc3ccccc3c2)cc1. The third-order valence-corrected chi connectivity index (χ3v) is 5.35. The van der Waals surface area contributed by atoms with Gasteiger partial charge in [-0.25, -0.2) is 8.42 Å². The Morgan fingerprint density at radius 1 is 0.864 bits per heavy atom. The van der Waals surface area contributed by atoms with Crippen molar-refractivity contribution in [3.63, 3.8) is 0 Å². The minimum atomic E-state index is -3.34. The summed E-state index contributed by atoms with van der Waals surface area (Å²) in [7, 11) is -3.34. The smallest absolute Gasteiger partial charge is 0.182 e. The highest BCUT2D eigenvalue weighted by Gasteiger charge is 2.15. The van der Waals surface area contributed by atoms with Crippen molar-refractivity contribution in [1.82, 2.24) is 0 Å². The lowest BCUT2D eigenvalue weighted by Gasteiger charge is -2.06. The summed E-state index contributed by atoms with van der Waals surface area (Å²) in [4.78, 5) is 0.339. The Kier molecular flexibility index (Phi) is 3.82. The van der Waals surface area contributed by atoms with Gasteiger partial charge in [-0.05, 0) is 34.0 Å². The number of hydrogen-bond donors (Lipinski definition) is 0. The highest BCUT2D eigenvalue weighted by molar-refractivity contribution is 7.90. The van der Waals surface area contributed by atoms with E-state index in [9.17, 15) is 8.42 Å². The summed E-state index contributed by atoms with van der Waals surface area (Å²) in [6.45, 7) is 3.67. The third-order valence-electron chi connectivity index (χ3n) is 3.65. The molecule has 0 heterocycles. The summed E-state index contributed by atoms with van der Waals surface area (Å²) in [6.07, 6.45) is 1.69. The number of rotatable bonds is 4. The second kappa shape index (κ2) is 5.78. The maximum absolute atomic E-state index is 12.5. The number of benzene rings is 3. The molecule has 0 saturated heterocycles. The lowest BCUT2D eigenvalue weighted by atomic mass is 10.1. The van der Waals surface area contributed by atoms with Crippen LogP contribution in [0.1, 0.15) is 11.1 Å². The van der Waals surface area contributed by atoms with E-state index < -0.39 is 9.84 Å². The summed E-state index contributed by atoms with van der Waals surface area (Å²) >= 11 is 0. The molecule has 0 saturated carbocycles. The summed E-state index contributed by atoms with van der Waals surface area (Å²) in [5.74, 6) is 0.00523. The molecule has 0 aliphatic carbocycles. The first kappa shape index (κ1) is 14.5. The minimum Gasteiger partial charge on any atom is -0.223 e. The minimum absolute atomic E-state index is 0.00523. The van der Waals surface area contributed by atoms with Gasteiger partial charge in [0.15, 0.2) is 9.84 Å². The topological polar surface area (TPSA) is 34.1 Å². The molecular formula is C19H16O2S. The molecule has 2 nitrogen and oxygen atoms in total. The van der Waals surface area contributed by atoms with Crippen molar-refractivity contribution >= 4 is 26.7 Å². The Balaban J connectivity index is 1.93. The average Bonchev–Trinajstić information content (AvgIpc) is 2.54. The Bertz CT molecular complexity index is 923. The standard InChI is InChI=1S/C19H16O2S/c1-2-15-8-11-19(12-9-15)22(20,21)14-16-7-10-17-5-3-4-6-18(17)13-16/h2-13H,1,14H2. The molecule has 0 atom stereocenters. The van der Waals surface area contributed by atoms with Crippen molar-refractivity contribution in [3.8, 4) is 0 Å². The van der Waals surface area contributed by atoms with Crippen LogP contribution >= 0.6 is 0 Å². The molecule has 0 fully saturated rings. The van der Waals surface area contributed by atoms with Gasteiger partial charge in [0.25, 0.3) is 0 Å². The summed E-state index contributed by atoms with van der Waals surface area (Å²) in [6, 6.07) is 20.5. The molecule has 0 aliphatic rings. The molecule has 0 N–H and O–H groups in total. The lowest BCUT2D eigenvalue weighted by molar-refractivity contribution is 0.595. The highest BCUT2D eigenvalue weighted by atomic mass is 32.2. The molecule has 0 radical (unpaired) electrons. The van der Waals surface area contributed by atoms with Crippen LogP contribution in [0.15, 0.2) is 78.2 Å². The molecule has 0 bridgehead atoms. The lowest BCUT2D eigenvalue weighted by Crippen LogP contribution is -2.04. The van der Waals surface area contributed by atoms with Crippen molar-refractivity contribution in [2.24, 2.45) is 0 Å². The second-order valence-corrected chi connectivity index (χ2v) is 7.20. The Labute approximate surface area is 130 Å². The van der Waals surface area contributed by atoms with Gasteiger partial charge in [0.05, 0.1) is 10.6 Å². The molecule has 0 unspecified atom stereocenters. The van der Waals surface area contributed by atoms with Crippen molar-refractivity contribution in [1.29, 1.82) is 0 Å².